The van der Waals surface area contributed by atoms with Crippen LogP contribution in [0.4, 0.5) is 14.9 Å². The molecule has 0 aliphatic carbocycles. The van der Waals surface area contributed by atoms with Crippen molar-refractivity contribution in [3.05, 3.63) is 29.6 Å². The number of benzene rings is 1. The van der Waals surface area contributed by atoms with Gasteiger partial charge in [-0.15, -0.1) is 0 Å². The summed E-state index contributed by atoms with van der Waals surface area (Å²) in [7, 11) is 0. The second kappa shape index (κ2) is 6.50. The second-order valence-corrected chi connectivity index (χ2v) is 4.12. The monoisotopic (exact) mass is 283 g/mol. The number of hydrogen-bond acceptors (Lipinski definition) is 3. The lowest BCUT2D eigenvalue weighted by molar-refractivity contribution is -0.140. The van der Waals surface area contributed by atoms with E-state index in [1.54, 1.807) is 6.92 Å². The molecule has 1 aromatic rings. The number of carboxylic acid groups (broad SMARTS) is 1. The molecule has 5 N–H and O–H groups in total. The number of rotatable bonds is 5. The Bertz CT molecular complexity index is 548. The van der Waals surface area contributed by atoms with Gasteiger partial charge in [-0.2, -0.15) is 0 Å². The Morgan fingerprint density at radius 1 is 1.40 bits per heavy atom. The van der Waals surface area contributed by atoms with Crippen LogP contribution < -0.4 is 16.4 Å². The molecule has 0 unspecified atom stereocenters. The van der Waals surface area contributed by atoms with E-state index >= 15 is 0 Å². The van der Waals surface area contributed by atoms with Crippen LogP contribution in [0.5, 0.6) is 0 Å². The van der Waals surface area contributed by atoms with Gasteiger partial charge in [0.1, 0.15) is 11.9 Å². The number of urea groups is 1. The number of halogens is 1. The summed E-state index contributed by atoms with van der Waals surface area (Å²) in [4.78, 5) is 33.1. The lowest BCUT2D eigenvalue weighted by Crippen LogP contribution is -2.45. The van der Waals surface area contributed by atoms with E-state index in [0.29, 0.717) is 11.3 Å². The first-order chi connectivity index (χ1) is 9.29. The van der Waals surface area contributed by atoms with Gasteiger partial charge >= 0.3 is 12.0 Å². The van der Waals surface area contributed by atoms with Crippen molar-refractivity contribution in [2.24, 2.45) is 5.73 Å². The first-order valence-electron chi connectivity index (χ1n) is 5.64. The molecule has 20 heavy (non-hydrogen) atoms. The van der Waals surface area contributed by atoms with Gasteiger partial charge in [-0.05, 0) is 30.7 Å². The van der Waals surface area contributed by atoms with Gasteiger partial charge in [0.2, 0.25) is 5.91 Å². The average molecular weight is 283 g/mol. The minimum absolute atomic E-state index is 0.326. The zero-order valence-corrected chi connectivity index (χ0v) is 10.6. The SMILES string of the molecule is Cc1cc(F)ccc1NC(=O)N[C@@H](CC(N)=O)C(=O)O. The standard InChI is InChI=1S/C12H14FN3O4/c1-6-4-7(13)2-3-8(6)15-12(20)16-9(11(18)19)5-10(14)17/h2-4,9H,5H2,1H3,(H2,14,17)(H,18,19)(H2,15,16,20)/t9-/m0/s1. The summed E-state index contributed by atoms with van der Waals surface area (Å²) in [6.45, 7) is 1.58. The van der Waals surface area contributed by atoms with Gasteiger partial charge in [0.25, 0.3) is 0 Å². The lowest BCUT2D eigenvalue weighted by Gasteiger charge is -2.14. The number of carboxylic acids is 1. The summed E-state index contributed by atoms with van der Waals surface area (Å²) in [6, 6.07) is 1.46. The average Bonchev–Trinajstić information content (AvgIpc) is 2.31. The molecule has 0 bridgehead atoms. The minimum atomic E-state index is -1.42. The third-order valence-corrected chi connectivity index (χ3v) is 2.45. The summed E-state index contributed by atoms with van der Waals surface area (Å²) < 4.78 is 12.9. The number of carbonyl (C=O) groups is 3. The first-order valence-corrected chi connectivity index (χ1v) is 5.64. The van der Waals surface area contributed by atoms with E-state index in [0.717, 1.165) is 6.07 Å². The molecule has 0 saturated carbocycles. The van der Waals surface area contributed by atoms with Gasteiger partial charge in [0.05, 0.1) is 6.42 Å². The highest BCUT2D eigenvalue weighted by Gasteiger charge is 2.22. The van der Waals surface area contributed by atoms with Crippen LogP contribution in [0.1, 0.15) is 12.0 Å². The maximum absolute atomic E-state index is 12.9. The van der Waals surface area contributed by atoms with Crippen LogP contribution in [-0.4, -0.2) is 29.1 Å². The summed E-state index contributed by atoms with van der Waals surface area (Å²) >= 11 is 0. The molecule has 0 fully saturated rings. The number of nitrogens with one attached hydrogen (secondary N) is 2. The van der Waals surface area contributed by atoms with Crippen LogP contribution >= 0.6 is 0 Å². The summed E-state index contributed by atoms with van der Waals surface area (Å²) in [5.41, 5.74) is 5.68. The van der Waals surface area contributed by atoms with E-state index < -0.39 is 36.2 Å². The Hall–Kier alpha value is -2.64. The van der Waals surface area contributed by atoms with E-state index in [1.165, 1.54) is 12.1 Å². The Morgan fingerprint density at radius 3 is 2.55 bits per heavy atom. The predicted molar refractivity (Wildman–Crippen MR) is 68.5 cm³/mol. The summed E-state index contributed by atoms with van der Waals surface area (Å²) in [5.74, 6) is -2.68. The Balaban J connectivity index is 2.70. The van der Waals surface area contributed by atoms with Crippen molar-refractivity contribution in [3.63, 3.8) is 0 Å². The normalized spacial score (nSPS) is 11.5. The molecule has 0 saturated heterocycles. The van der Waals surface area contributed by atoms with Crippen molar-refractivity contribution in [1.82, 2.24) is 5.32 Å². The van der Waals surface area contributed by atoms with Gasteiger partial charge in [0, 0.05) is 5.69 Å². The Labute approximate surface area is 114 Å². The van der Waals surface area contributed by atoms with Crippen molar-refractivity contribution < 1.29 is 23.9 Å². The smallest absolute Gasteiger partial charge is 0.326 e. The number of primary amides is 1. The minimum Gasteiger partial charge on any atom is -0.480 e. The molecule has 0 aliphatic rings. The van der Waals surface area contributed by atoms with Crippen molar-refractivity contribution in [2.75, 3.05) is 5.32 Å². The number of anilines is 1. The highest BCUT2D eigenvalue weighted by molar-refractivity contribution is 5.94. The van der Waals surface area contributed by atoms with Gasteiger partial charge in [-0.1, -0.05) is 0 Å². The second-order valence-electron chi connectivity index (χ2n) is 4.12. The largest absolute Gasteiger partial charge is 0.480 e. The molecule has 7 nitrogen and oxygen atoms in total. The predicted octanol–water partition coefficient (Wildman–Crippen LogP) is 0.584. The zero-order valence-electron chi connectivity index (χ0n) is 10.6. The fourth-order valence-electron chi connectivity index (χ4n) is 1.49. The first kappa shape index (κ1) is 15.4. The highest BCUT2D eigenvalue weighted by atomic mass is 19.1. The van der Waals surface area contributed by atoms with Crippen LogP contribution in [-0.2, 0) is 9.59 Å². The summed E-state index contributed by atoms with van der Waals surface area (Å²) in [5, 5.41) is 13.3. The molecule has 1 aromatic carbocycles. The van der Waals surface area contributed by atoms with Crippen molar-refractivity contribution in [1.29, 1.82) is 0 Å². The third kappa shape index (κ3) is 4.56. The van der Waals surface area contributed by atoms with Crippen molar-refractivity contribution >= 4 is 23.6 Å². The van der Waals surface area contributed by atoms with E-state index in [4.69, 9.17) is 10.8 Å². The van der Waals surface area contributed by atoms with Gasteiger partial charge < -0.3 is 21.5 Å². The molecular weight excluding hydrogens is 269 g/mol. The maximum atomic E-state index is 12.9. The fourth-order valence-corrected chi connectivity index (χ4v) is 1.49. The number of nitrogens with two attached hydrogens (primary N) is 1. The Kier molecular flexibility index (Phi) is 5.01. The topological polar surface area (TPSA) is 122 Å². The van der Waals surface area contributed by atoms with Crippen molar-refractivity contribution in [2.45, 2.75) is 19.4 Å². The number of aryl methyl sites for hydroxylation is 1. The third-order valence-electron chi connectivity index (χ3n) is 2.45. The van der Waals surface area contributed by atoms with Gasteiger partial charge in [-0.3, -0.25) is 4.79 Å². The van der Waals surface area contributed by atoms with E-state index in [2.05, 4.69) is 10.6 Å². The highest BCUT2D eigenvalue weighted by Crippen LogP contribution is 2.15. The van der Waals surface area contributed by atoms with Crippen LogP contribution in [0.25, 0.3) is 0 Å². The Morgan fingerprint density at radius 2 is 2.05 bits per heavy atom. The number of carbonyl (C=O) groups excluding carboxylic acids is 2. The molecule has 1 rings (SSSR count). The van der Waals surface area contributed by atoms with Crippen LogP contribution in [0.3, 0.4) is 0 Å². The number of amides is 3. The van der Waals surface area contributed by atoms with Crippen molar-refractivity contribution in [3.8, 4) is 0 Å². The molecular formula is C12H14FN3O4. The fraction of sp³-hybridized carbons (Fsp3) is 0.250. The van der Waals surface area contributed by atoms with E-state index in [1.807, 2.05) is 0 Å². The zero-order chi connectivity index (χ0) is 15.3. The van der Waals surface area contributed by atoms with Crippen LogP contribution in [0.15, 0.2) is 18.2 Å². The number of hydrogen-bond donors (Lipinski definition) is 4. The lowest BCUT2D eigenvalue weighted by atomic mass is 10.2. The molecule has 0 aliphatic heterocycles. The molecule has 0 spiro atoms. The maximum Gasteiger partial charge on any atom is 0.326 e. The number of aliphatic carboxylic acids is 1. The van der Waals surface area contributed by atoms with E-state index in [9.17, 15) is 18.8 Å². The quantitative estimate of drug-likeness (QED) is 0.631. The van der Waals surface area contributed by atoms with Crippen LogP contribution in [0, 0.1) is 12.7 Å². The van der Waals surface area contributed by atoms with E-state index in [-0.39, 0.29) is 0 Å². The van der Waals surface area contributed by atoms with Gasteiger partial charge in [-0.25, -0.2) is 14.0 Å². The summed E-state index contributed by atoms with van der Waals surface area (Å²) in [6.07, 6.45) is -0.523. The van der Waals surface area contributed by atoms with Gasteiger partial charge in [0.15, 0.2) is 0 Å². The molecule has 0 radical (unpaired) electrons. The molecule has 3 amide bonds. The van der Waals surface area contributed by atoms with Crippen LogP contribution in [0.2, 0.25) is 0 Å². The molecule has 108 valence electrons. The molecule has 1 atom stereocenters. The molecule has 0 aromatic heterocycles. The molecule has 8 heteroatoms. The molecule has 0 heterocycles.